The van der Waals surface area contributed by atoms with Crippen molar-refractivity contribution < 1.29 is 18.0 Å². The number of amides is 1. The van der Waals surface area contributed by atoms with Gasteiger partial charge in [-0.15, -0.1) is 5.10 Å². The SMILES string of the molecule is CN(C)[C@@H]1CN(C(=O)c2cc(C(F)(F)F)[nH]n2)C[C@@H]1n1ccnn1. The van der Waals surface area contributed by atoms with Gasteiger partial charge in [0, 0.05) is 25.4 Å². The number of likely N-dealkylation sites (tertiary alicyclic amines) is 1. The normalized spacial score (nSPS) is 21.7. The molecule has 0 radical (unpaired) electrons. The summed E-state index contributed by atoms with van der Waals surface area (Å²) in [6.07, 6.45) is -1.32. The number of H-pyrrole nitrogens is 1. The van der Waals surface area contributed by atoms with Gasteiger partial charge >= 0.3 is 6.18 Å². The predicted octanol–water partition coefficient (Wildman–Crippen LogP) is 0.647. The van der Waals surface area contributed by atoms with Crippen LogP contribution < -0.4 is 0 Å². The molecule has 130 valence electrons. The first-order valence-corrected chi connectivity index (χ1v) is 7.21. The van der Waals surface area contributed by atoms with Gasteiger partial charge in [-0.2, -0.15) is 18.3 Å². The molecule has 2 aromatic heterocycles. The minimum Gasteiger partial charge on any atom is -0.333 e. The van der Waals surface area contributed by atoms with Gasteiger partial charge in [-0.1, -0.05) is 5.21 Å². The zero-order chi connectivity index (χ0) is 17.5. The van der Waals surface area contributed by atoms with Crippen LogP contribution in [0.2, 0.25) is 0 Å². The van der Waals surface area contributed by atoms with Crippen molar-refractivity contribution in [2.24, 2.45) is 0 Å². The lowest BCUT2D eigenvalue weighted by Gasteiger charge is -2.24. The zero-order valence-electron chi connectivity index (χ0n) is 13.0. The lowest BCUT2D eigenvalue weighted by atomic mass is 10.1. The van der Waals surface area contributed by atoms with Crippen LogP contribution in [0, 0.1) is 0 Å². The highest BCUT2D eigenvalue weighted by Gasteiger charge is 2.40. The van der Waals surface area contributed by atoms with Crippen molar-refractivity contribution in [2.75, 3.05) is 27.2 Å². The van der Waals surface area contributed by atoms with Crippen molar-refractivity contribution in [1.29, 1.82) is 0 Å². The number of rotatable bonds is 3. The molecule has 3 rings (SSSR count). The number of nitrogens with zero attached hydrogens (tertiary/aromatic N) is 6. The topological polar surface area (TPSA) is 82.9 Å². The van der Waals surface area contributed by atoms with Crippen LogP contribution in [0.5, 0.6) is 0 Å². The molecule has 8 nitrogen and oxygen atoms in total. The highest BCUT2D eigenvalue weighted by Crippen LogP contribution is 2.29. The number of hydrogen-bond donors (Lipinski definition) is 1. The van der Waals surface area contributed by atoms with E-state index in [0.29, 0.717) is 13.1 Å². The third-order valence-electron chi connectivity index (χ3n) is 4.09. The van der Waals surface area contributed by atoms with E-state index in [4.69, 9.17) is 0 Å². The third kappa shape index (κ3) is 2.98. The Morgan fingerprint density at radius 1 is 1.38 bits per heavy atom. The second-order valence-corrected chi connectivity index (χ2v) is 5.86. The molecule has 24 heavy (non-hydrogen) atoms. The fourth-order valence-electron chi connectivity index (χ4n) is 2.84. The van der Waals surface area contributed by atoms with Gasteiger partial charge in [-0.25, -0.2) is 4.68 Å². The number of aromatic amines is 1. The van der Waals surface area contributed by atoms with Crippen molar-refractivity contribution in [1.82, 2.24) is 35.0 Å². The molecule has 1 saturated heterocycles. The van der Waals surface area contributed by atoms with Gasteiger partial charge in [0.25, 0.3) is 5.91 Å². The number of hydrogen-bond acceptors (Lipinski definition) is 5. The molecule has 0 aromatic carbocycles. The van der Waals surface area contributed by atoms with E-state index in [2.05, 4.69) is 15.4 Å². The number of aromatic nitrogens is 5. The van der Waals surface area contributed by atoms with Crippen LogP contribution in [0.3, 0.4) is 0 Å². The van der Waals surface area contributed by atoms with Gasteiger partial charge in [0.2, 0.25) is 0 Å². The molecule has 3 heterocycles. The highest BCUT2D eigenvalue weighted by molar-refractivity contribution is 5.92. The Morgan fingerprint density at radius 2 is 2.12 bits per heavy atom. The van der Waals surface area contributed by atoms with Gasteiger partial charge in [0.15, 0.2) is 5.69 Å². The fraction of sp³-hybridized carbons (Fsp3) is 0.538. The first-order chi connectivity index (χ1) is 11.3. The Bertz CT molecular complexity index is 709. The summed E-state index contributed by atoms with van der Waals surface area (Å²) in [6.45, 7) is 0.684. The van der Waals surface area contributed by atoms with Crippen molar-refractivity contribution in [3.63, 3.8) is 0 Å². The van der Waals surface area contributed by atoms with Crippen molar-refractivity contribution in [3.8, 4) is 0 Å². The molecule has 0 unspecified atom stereocenters. The molecule has 1 amide bonds. The molecule has 2 atom stereocenters. The summed E-state index contributed by atoms with van der Waals surface area (Å²) in [5, 5.41) is 13.1. The zero-order valence-corrected chi connectivity index (χ0v) is 13.0. The number of halogens is 3. The minimum atomic E-state index is -4.56. The molecule has 0 saturated carbocycles. The van der Waals surface area contributed by atoms with E-state index >= 15 is 0 Å². The number of carbonyl (C=O) groups is 1. The Balaban J connectivity index is 1.80. The monoisotopic (exact) mass is 343 g/mol. The van der Waals surface area contributed by atoms with Crippen molar-refractivity contribution in [2.45, 2.75) is 18.3 Å². The van der Waals surface area contributed by atoms with Gasteiger partial charge in [0.05, 0.1) is 18.3 Å². The van der Waals surface area contributed by atoms with E-state index in [1.165, 1.54) is 4.90 Å². The van der Waals surface area contributed by atoms with E-state index in [1.807, 2.05) is 24.1 Å². The molecule has 1 fully saturated rings. The Hall–Kier alpha value is -2.43. The van der Waals surface area contributed by atoms with Crippen LogP contribution in [0.25, 0.3) is 0 Å². The van der Waals surface area contributed by atoms with Gasteiger partial charge in [0.1, 0.15) is 5.69 Å². The fourth-order valence-corrected chi connectivity index (χ4v) is 2.84. The van der Waals surface area contributed by atoms with E-state index in [1.54, 1.807) is 17.1 Å². The first kappa shape index (κ1) is 16.4. The molecule has 2 aromatic rings. The maximum absolute atomic E-state index is 12.6. The van der Waals surface area contributed by atoms with Gasteiger partial charge < -0.3 is 9.80 Å². The smallest absolute Gasteiger partial charge is 0.333 e. The van der Waals surface area contributed by atoms with Gasteiger partial charge in [-0.3, -0.25) is 9.89 Å². The maximum atomic E-state index is 12.6. The first-order valence-electron chi connectivity index (χ1n) is 7.21. The molecular formula is C13H16F3N7O. The predicted molar refractivity (Wildman–Crippen MR) is 76.0 cm³/mol. The van der Waals surface area contributed by atoms with E-state index in [0.717, 1.165) is 6.07 Å². The van der Waals surface area contributed by atoms with E-state index in [9.17, 15) is 18.0 Å². The van der Waals surface area contributed by atoms with Crippen LogP contribution in [0.1, 0.15) is 22.2 Å². The molecule has 1 aliphatic heterocycles. The van der Waals surface area contributed by atoms with E-state index in [-0.39, 0.29) is 17.8 Å². The lowest BCUT2D eigenvalue weighted by molar-refractivity contribution is -0.141. The van der Waals surface area contributed by atoms with Crippen LogP contribution in [-0.2, 0) is 6.18 Å². The average molecular weight is 343 g/mol. The standard InChI is InChI=1S/C13H16F3N7O/c1-21(2)9-6-22(7-10(9)23-4-3-17-20-23)12(24)8-5-11(19-18-8)13(14,15)16/h3-5,9-10H,6-7H2,1-2H3,(H,18,19)/t9-,10+/m1/s1. The third-order valence-corrected chi connectivity index (χ3v) is 4.09. The molecule has 1 N–H and O–H groups in total. The average Bonchev–Trinajstić information content (AvgIpc) is 3.23. The summed E-state index contributed by atoms with van der Waals surface area (Å²) in [6, 6.07) is 0.569. The highest BCUT2D eigenvalue weighted by atomic mass is 19.4. The van der Waals surface area contributed by atoms with Crippen LogP contribution >= 0.6 is 0 Å². The second kappa shape index (κ2) is 5.89. The number of carbonyl (C=O) groups excluding carboxylic acids is 1. The Labute approximate surface area is 135 Å². The maximum Gasteiger partial charge on any atom is 0.432 e. The quantitative estimate of drug-likeness (QED) is 0.885. The summed E-state index contributed by atoms with van der Waals surface area (Å²) < 4.78 is 39.6. The van der Waals surface area contributed by atoms with Crippen molar-refractivity contribution >= 4 is 5.91 Å². The summed E-state index contributed by atoms with van der Waals surface area (Å²) in [4.78, 5) is 15.9. The van der Waals surface area contributed by atoms with Crippen LogP contribution in [0.15, 0.2) is 18.5 Å². The molecule has 11 heteroatoms. The molecule has 0 bridgehead atoms. The van der Waals surface area contributed by atoms with Gasteiger partial charge in [-0.05, 0) is 14.1 Å². The number of nitrogens with one attached hydrogen (secondary N) is 1. The molecular weight excluding hydrogens is 327 g/mol. The summed E-state index contributed by atoms with van der Waals surface area (Å²) in [7, 11) is 3.75. The van der Waals surface area contributed by atoms with Crippen LogP contribution in [-0.4, -0.2) is 74.1 Å². The van der Waals surface area contributed by atoms with E-state index < -0.39 is 17.8 Å². The molecule has 0 spiro atoms. The largest absolute Gasteiger partial charge is 0.432 e. The number of alkyl halides is 3. The number of likely N-dealkylation sites (N-methyl/N-ethyl adjacent to an activating group) is 1. The Morgan fingerprint density at radius 3 is 2.67 bits per heavy atom. The summed E-state index contributed by atoms with van der Waals surface area (Å²) in [5.41, 5.74) is -1.29. The summed E-state index contributed by atoms with van der Waals surface area (Å²) in [5.74, 6) is -0.545. The summed E-state index contributed by atoms with van der Waals surface area (Å²) >= 11 is 0. The Kier molecular flexibility index (Phi) is 4.03. The molecule has 0 aliphatic carbocycles. The minimum absolute atomic E-state index is 0.0309. The molecule has 1 aliphatic rings. The van der Waals surface area contributed by atoms with Crippen LogP contribution in [0.4, 0.5) is 13.2 Å². The lowest BCUT2D eigenvalue weighted by Crippen LogP contribution is -2.37. The van der Waals surface area contributed by atoms with Crippen molar-refractivity contribution in [3.05, 3.63) is 29.8 Å². The second-order valence-electron chi connectivity index (χ2n) is 5.86.